The van der Waals surface area contributed by atoms with Crippen LogP contribution in [0, 0.1) is 0 Å². The molecule has 0 saturated heterocycles. The van der Waals surface area contributed by atoms with Gasteiger partial charge in [0.2, 0.25) is 11.3 Å². The molecular weight excluding hydrogens is 154 g/mol. The van der Waals surface area contributed by atoms with Gasteiger partial charge in [0.05, 0.1) is 0 Å². The molecule has 0 aromatic heterocycles. The van der Waals surface area contributed by atoms with Gasteiger partial charge in [-0.1, -0.05) is 6.92 Å². The lowest BCUT2D eigenvalue weighted by atomic mass is 10.6. The summed E-state index contributed by atoms with van der Waals surface area (Å²) in [6, 6.07) is 0. The third-order valence-electron chi connectivity index (χ3n) is 0.501. The van der Waals surface area contributed by atoms with Crippen molar-refractivity contribution in [1.82, 2.24) is 0 Å². The van der Waals surface area contributed by atoms with Gasteiger partial charge in [0.1, 0.15) is 0 Å². The van der Waals surface area contributed by atoms with Gasteiger partial charge in [-0.15, -0.1) is 0 Å². The molecule has 10 heavy (non-hydrogen) atoms. The largest absolute Gasteiger partial charge is 0.281 e. The summed E-state index contributed by atoms with van der Waals surface area (Å²) in [5, 5.41) is -0.273. The molecule has 0 unspecified atom stereocenters. The van der Waals surface area contributed by atoms with Crippen LogP contribution < -0.4 is 0 Å². The van der Waals surface area contributed by atoms with Crippen LogP contribution in [0.15, 0.2) is 4.99 Å². The molecule has 0 aromatic rings. The van der Waals surface area contributed by atoms with Crippen molar-refractivity contribution in [2.75, 3.05) is 6.54 Å². The monoisotopic (exact) mass is 163 g/mol. The Hall–Kier alpha value is -0.660. The Bertz CT molecular complexity index is 128. The first kappa shape index (κ1) is 12.1. The molecule has 58 valence electrons. The van der Waals surface area contributed by atoms with Gasteiger partial charge in [-0.2, -0.15) is 0 Å². The summed E-state index contributed by atoms with van der Waals surface area (Å²) in [6.07, 6.45) is 1.82. The summed E-state index contributed by atoms with van der Waals surface area (Å²) in [5.41, 5.74) is 0. The van der Waals surface area contributed by atoms with Crippen LogP contribution in [0.2, 0.25) is 0 Å². The van der Waals surface area contributed by atoms with Gasteiger partial charge in [-0.05, 0) is 18.5 Å². The highest BCUT2D eigenvalue weighted by Gasteiger charge is 1.81. The number of carbonyl (C=O) groups excluding carboxylic acids is 2. The van der Waals surface area contributed by atoms with E-state index in [9.17, 15) is 4.79 Å². The maximum absolute atomic E-state index is 9.58. The Morgan fingerprint density at radius 3 is 2.00 bits per heavy atom. The minimum atomic E-state index is -0.273. The van der Waals surface area contributed by atoms with Gasteiger partial charge >= 0.3 is 0 Å². The average molecular weight is 164 g/mol. The first-order valence-electron chi connectivity index (χ1n) is 2.90. The van der Waals surface area contributed by atoms with E-state index >= 15 is 0 Å². The molecule has 0 aliphatic carbocycles. The Labute approximate surface area is 65.1 Å². The highest BCUT2D eigenvalue weighted by atomic mass is 35.5. The average Bonchev–Trinajstić information content (AvgIpc) is 1.91. The summed E-state index contributed by atoms with van der Waals surface area (Å²) >= 11 is 4.82. The van der Waals surface area contributed by atoms with Crippen molar-refractivity contribution in [3.8, 4) is 0 Å². The van der Waals surface area contributed by atoms with E-state index in [4.69, 9.17) is 16.4 Å². The molecule has 0 N–H and O–H groups in total. The second-order valence-corrected chi connectivity index (χ2v) is 1.70. The number of nitrogens with zero attached hydrogens (tertiary/aromatic N) is 1. The van der Waals surface area contributed by atoms with Crippen molar-refractivity contribution < 1.29 is 9.59 Å². The van der Waals surface area contributed by atoms with Gasteiger partial charge in [0.15, 0.2) is 0 Å². The van der Waals surface area contributed by atoms with Gasteiger partial charge in [0, 0.05) is 13.0 Å². The van der Waals surface area contributed by atoms with Crippen molar-refractivity contribution in [2.45, 2.75) is 20.3 Å². The van der Waals surface area contributed by atoms with Crippen molar-refractivity contribution in [3.05, 3.63) is 0 Å². The Balaban J connectivity index is 0. The fraction of sp³-hybridized carbons (Fsp3) is 0.667. The molecule has 3 nitrogen and oxygen atoms in total. The third-order valence-corrected chi connectivity index (χ3v) is 0.768. The predicted molar refractivity (Wildman–Crippen MR) is 39.8 cm³/mol. The molecular formula is C6H10ClNO2. The van der Waals surface area contributed by atoms with Gasteiger partial charge in [0.25, 0.3) is 0 Å². The molecule has 0 radical (unpaired) electrons. The standard InChI is InChI=1S/C3H5ClO.C3H5NO/c1-2-3(4)5;1-2-4-3-5/h2*2H2,1H3. The summed E-state index contributed by atoms with van der Waals surface area (Å²) < 4.78 is 0. The normalized spacial score (nSPS) is 6.70. The lowest BCUT2D eigenvalue weighted by molar-refractivity contribution is -0.111. The van der Waals surface area contributed by atoms with Crippen LogP contribution in [-0.4, -0.2) is 17.9 Å². The first-order valence-corrected chi connectivity index (χ1v) is 3.28. The molecule has 0 fully saturated rings. The van der Waals surface area contributed by atoms with Crippen LogP contribution in [-0.2, 0) is 9.59 Å². The minimum Gasteiger partial charge on any atom is -0.281 e. The van der Waals surface area contributed by atoms with E-state index in [1.807, 2.05) is 0 Å². The topological polar surface area (TPSA) is 46.5 Å². The highest BCUT2D eigenvalue weighted by Crippen LogP contribution is 1.81. The fourth-order valence-corrected chi connectivity index (χ4v) is 0.0645. The Morgan fingerprint density at radius 2 is 2.00 bits per heavy atom. The lowest BCUT2D eigenvalue weighted by Crippen LogP contribution is -1.74. The summed E-state index contributed by atoms with van der Waals surface area (Å²) in [5.74, 6) is 0. The zero-order valence-electron chi connectivity index (χ0n) is 6.06. The number of carbonyl (C=O) groups is 1. The molecule has 0 bridgehead atoms. The van der Waals surface area contributed by atoms with Crippen LogP contribution >= 0.6 is 11.6 Å². The summed E-state index contributed by atoms with van der Waals surface area (Å²) in [7, 11) is 0. The van der Waals surface area contributed by atoms with Crippen molar-refractivity contribution >= 4 is 22.9 Å². The Morgan fingerprint density at radius 1 is 1.60 bits per heavy atom. The SMILES string of the molecule is CCC(=O)Cl.CCN=C=O. The van der Waals surface area contributed by atoms with E-state index in [0.29, 0.717) is 13.0 Å². The second-order valence-electron chi connectivity index (χ2n) is 1.27. The van der Waals surface area contributed by atoms with Crippen LogP contribution in [0.5, 0.6) is 0 Å². The van der Waals surface area contributed by atoms with Crippen LogP contribution in [0.1, 0.15) is 20.3 Å². The van der Waals surface area contributed by atoms with Gasteiger partial charge in [-0.25, -0.2) is 9.79 Å². The highest BCUT2D eigenvalue weighted by molar-refractivity contribution is 6.63. The summed E-state index contributed by atoms with van der Waals surface area (Å²) in [6.45, 7) is 4.05. The molecule has 0 aliphatic rings. The third kappa shape index (κ3) is 26.4. The lowest BCUT2D eigenvalue weighted by Gasteiger charge is -1.68. The molecule has 0 aliphatic heterocycles. The van der Waals surface area contributed by atoms with Crippen LogP contribution in [0.25, 0.3) is 0 Å². The Kier molecular flexibility index (Phi) is 13.5. The number of hydrogen-bond acceptors (Lipinski definition) is 3. The quantitative estimate of drug-likeness (QED) is 0.352. The number of aliphatic imine (C=N–C) groups is 1. The van der Waals surface area contributed by atoms with Gasteiger partial charge < -0.3 is 0 Å². The first-order chi connectivity index (χ1) is 4.68. The summed E-state index contributed by atoms with van der Waals surface area (Å²) in [4.78, 5) is 21.9. The maximum Gasteiger partial charge on any atom is 0.234 e. The number of halogens is 1. The molecule has 0 saturated carbocycles. The molecule has 0 spiro atoms. The van der Waals surface area contributed by atoms with E-state index in [2.05, 4.69) is 4.99 Å². The van der Waals surface area contributed by atoms with Crippen molar-refractivity contribution in [2.24, 2.45) is 4.99 Å². The van der Waals surface area contributed by atoms with E-state index in [-0.39, 0.29) is 5.24 Å². The van der Waals surface area contributed by atoms with E-state index in [1.165, 1.54) is 6.08 Å². The molecule has 0 atom stereocenters. The van der Waals surface area contributed by atoms with Crippen LogP contribution in [0.3, 0.4) is 0 Å². The van der Waals surface area contributed by atoms with Gasteiger partial charge in [-0.3, -0.25) is 4.79 Å². The van der Waals surface area contributed by atoms with E-state index in [0.717, 1.165) is 0 Å². The zero-order valence-corrected chi connectivity index (χ0v) is 6.81. The maximum atomic E-state index is 9.58. The van der Waals surface area contributed by atoms with Crippen molar-refractivity contribution in [1.29, 1.82) is 0 Å². The van der Waals surface area contributed by atoms with E-state index in [1.54, 1.807) is 13.8 Å². The molecule has 0 rings (SSSR count). The van der Waals surface area contributed by atoms with E-state index < -0.39 is 0 Å². The molecule has 0 heterocycles. The number of isocyanates is 1. The second kappa shape index (κ2) is 11.2. The fourth-order valence-electron chi connectivity index (χ4n) is 0.0645. The molecule has 0 amide bonds. The van der Waals surface area contributed by atoms with Crippen LogP contribution in [0.4, 0.5) is 0 Å². The number of rotatable bonds is 2. The number of hydrogen-bond donors (Lipinski definition) is 0. The minimum absolute atomic E-state index is 0.273. The molecule has 4 heteroatoms. The predicted octanol–water partition coefficient (Wildman–Crippen LogP) is 1.50. The molecule has 0 aromatic carbocycles. The zero-order chi connectivity index (χ0) is 8.41. The smallest absolute Gasteiger partial charge is 0.234 e. The van der Waals surface area contributed by atoms with Crippen molar-refractivity contribution in [3.63, 3.8) is 0 Å².